The van der Waals surface area contributed by atoms with Crippen LogP contribution in [0.1, 0.15) is 16.9 Å². The van der Waals surface area contributed by atoms with Crippen LogP contribution in [0.2, 0.25) is 0 Å². The van der Waals surface area contributed by atoms with Gasteiger partial charge in [0, 0.05) is 19.6 Å². The molecule has 33 heavy (non-hydrogen) atoms. The summed E-state index contributed by atoms with van der Waals surface area (Å²) in [5.41, 5.74) is 5.54. The van der Waals surface area contributed by atoms with E-state index in [2.05, 4.69) is 20.7 Å². The van der Waals surface area contributed by atoms with Gasteiger partial charge in [-0.25, -0.2) is 27.2 Å². The van der Waals surface area contributed by atoms with Gasteiger partial charge in [0.2, 0.25) is 0 Å². The van der Waals surface area contributed by atoms with Crippen LogP contribution in [-0.4, -0.2) is 53.3 Å². The number of hydrogen-bond acceptors (Lipinski definition) is 7. The molecular weight excluding hydrogens is 462 g/mol. The second kappa shape index (κ2) is 9.75. The van der Waals surface area contributed by atoms with E-state index in [0.717, 1.165) is 41.1 Å². The van der Waals surface area contributed by atoms with Crippen molar-refractivity contribution in [1.29, 1.82) is 0 Å². The number of aromatic nitrogens is 3. The van der Waals surface area contributed by atoms with Crippen molar-refractivity contribution in [2.24, 2.45) is 0 Å². The SMILES string of the molecule is Nc1sc(-c2c(F)cccc2F)nc1C(=O)Nc1cnn(CC(F)F)c1N1CCCNCC1. The minimum Gasteiger partial charge on any atom is -0.389 e. The lowest BCUT2D eigenvalue weighted by atomic mass is 10.2. The summed E-state index contributed by atoms with van der Waals surface area (Å²) in [5.74, 6) is -2.05. The highest BCUT2D eigenvalue weighted by atomic mass is 32.1. The van der Waals surface area contributed by atoms with Crippen molar-refractivity contribution < 1.29 is 22.4 Å². The maximum Gasteiger partial charge on any atom is 0.277 e. The molecule has 176 valence electrons. The Labute approximate surface area is 190 Å². The van der Waals surface area contributed by atoms with E-state index in [1.807, 2.05) is 4.90 Å². The van der Waals surface area contributed by atoms with Crippen molar-refractivity contribution in [2.45, 2.75) is 19.4 Å². The highest BCUT2D eigenvalue weighted by molar-refractivity contribution is 7.19. The number of halogens is 4. The van der Waals surface area contributed by atoms with Crippen LogP contribution in [0.15, 0.2) is 24.4 Å². The Morgan fingerprint density at radius 2 is 2.00 bits per heavy atom. The summed E-state index contributed by atoms with van der Waals surface area (Å²) >= 11 is 0.770. The van der Waals surface area contributed by atoms with E-state index in [9.17, 15) is 22.4 Å². The molecule has 2 aromatic heterocycles. The lowest BCUT2D eigenvalue weighted by Gasteiger charge is -2.24. The molecule has 0 aliphatic carbocycles. The molecule has 3 heterocycles. The number of amides is 1. The average molecular weight is 483 g/mol. The number of benzene rings is 1. The van der Waals surface area contributed by atoms with E-state index in [1.54, 1.807) is 0 Å². The first kappa shape index (κ1) is 23.0. The van der Waals surface area contributed by atoms with Gasteiger partial charge in [0.15, 0.2) is 11.5 Å². The van der Waals surface area contributed by atoms with E-state index >= 15 is 0 Å². The Kier molecular flexibility index (Phi) is 6.79. The second-order valence-corrected chi connectivity index (χ2v) is 8.36. The van der Waals surface area contributed by atoms with Gasteiger partial charge in [0.25, 0.3) is 12.3 Å². The fourth-order valence-electron chi connectivity index (χ4n) is 3.61. The zero-order valence-corrected chi connectivity index (χ0v) is 18.1. The first-order valence-electron chi connectivity index (χ1n) is 10.2. The number of nitrogens with one attached hydrogen (secondary N) is 2. The van der Waals surface area contributed by atoms with Gasteiger partial charge < -0.3 is 21.3 Å². The predicted molar refractivity (Wildman–Crippen MR) is 118 cm³/mol. The van der Waals surface area contributed by atoms with E-state index in [4.69, 9.17) is 5.73 Å². The molecule has 13 heteroatoms. The molecule has 1 aliphatic rings. The largest absolute Gasteiger partial charge is 0.389 e. The van der Waals surface area contributed by atoms with Gasteiger partial charge in [-0.3, -0.25) is 4.79 Å². The Balaban J connectivity index is 1.64. The molecule has 1 amide bonds. The summed E-state index contributed by atoms with van der Waals surface area (Å²) in [4.78, 5) is 18.8. The van der Waals surface area contributed by atoms with Crippen LogP contribution < -0.4 is 21.3 Å². The van der Waals surface area contributed by atoms with Gasteiger partial charge in [0.1, 0.15) is 33.9 Å². The molecule has 0 spiro atoms. The zero-order valence-electron chi connectivity index (χ0n) is 17.3. The molecule has 1 fully saturated rings. The predicted octanol–water partition coefficient (Wildman–Crippen LogP) is 3.18. The van der Waals surface area contributed by atoms with Crippen molar-refractivity contribution in [3.05, 3.63) is 41.7 Å². The third kappa shape index (κ3) is 4.93. The highest BCUT2D eigenvalue weighted by Gasteiger charge is 2.25. The number of carbonyl (C=O) groups is 1. The number of alkyl halides is 2. The molecule has 0 bridgehead atoms. The minimum absolute atomic E-state index is 0.0364. The van der Waals surface area contributed by atoms with E-state index in [-0.39, 0.29) is 27.0 Å². The first-order chi connectivity index (χ1) is 15.8. The number of thiazole rings is 1. The van der Waals surface area contributed by atoms with Crippen molar-refractivity contribution in [1.82, 2.24) is 20.1 Å². The molecule has 3 aromatic rings. The normalized spacial score (nSPS) is 14.5. The number of hydrogen-bond donors (Lipinski definition) is 3. The van der Waals surface area contributed by atoms with E-state index < -0.39 is 30.5 Å². The summed E-state index contributed by atoms with van der Waals surface area (Å²) in [5, 5.41) is 9.75. The standard InChI is InChI=1S/C20H21F4N7OS/c21-11-3-1-4-12(22)15(11)19-29-16(17(25)33-19)18(32)28-13-9-27-31(10-14(23)24)20(13)30-7-2-5-26-6-8-30/h1,3-4,9,14,26H,2,5-8,10,25H2,(H,28,32). The lowest BCUT2D eigenvalue weighted by molar-refractivity contribution is 0.102. The van der Waals surface area contributed by atoms with Gasteiger partial charge in [0.05, 0.1) is 11.8 Å². The number of nitrogen functional groups attached to an aromatic ring is 1. The number of nitrogens with zero attached hydrogens (tertiary/aromatic N) is 4. The first-order valence-corrected chi connectivity index (χ1v) is 11.0. The summed E-state index contributed by atoms with van der Waals surface area (Å²) in [6.45, 7) is 1.91. The van der Waals surface area contributed by atoms with Gasteiger partial charge in [-0.05, 0) is 25.1 Å². The summed E-state index contributed by atoms with van der Waals surface area (Å²) in [7, 11) is 0. The van der Waals surface area contributed by atoms with Crippen molar-refractivity contribution in [2.75, 3.05) is 42.1 Å². The molecule has 8 nitrogen and oxygen atoms in total. The molecule has 1 aromatic carbocycles. The number of nitrogens with two attached hydrogens (primary N) is 1. The van der Waals surface area contributed by atoms with Crippen molar-refractivity contribution in [3.8, 4) is 10.6 Å². The Morgan fingerprint density at radius 3 is 2.73 bits per heavy atom. The maximum atomic E-state index is 14.1. The third-order valence-corrected chi connectivity index (χ3v) is 5.96. The number of rotatable bonds is 6. The van der Waals surface area contributed by atoms with E-state index in [0.29, 0.717) is 25.5 Å². The summed E-state index contributed by atoms with van der Waals surface area (Å²) in [6, 6.07) is 3.38. The number of carbonyl (C=O) groups excluding carboxylic acids is 1. The van der Waals surface area contributed by atoms with Crippen LogP contribution >= 0.6 is 11.3 Å². The van der Waals surface area contributed by atoms with Crippen LogP contribution in [0.3, 0.4) is 0 Å². The lowest BCUT2D eigenvalue weighted by Crippen LogP contribution is -2.31. The smallest absolute Gasteiger partial charge is 0.277 e. The molecule has 0 saturated carbocycles. The molecule has 0 atom stereocenters. The van der Waals surface area contributed by atoms with Crippen LogP contribution in [0, 0.1) is 11.6 Å². The van der Waals surface area contributed by atoms with Crippen LogP contribution in [-0.2, 0) is 6.54 Å². The molecule has 1 aliphatic heterocycles. The highest BCUT2D eigenvalue weighted by Crippen LogP contribution is 2.34. The van der Waals surface area contributed by atoms with Crippen LogP contribution in [0.5, 0.6) is 0 Å². The van der Waals surface area contributed by atoms with Gasteiger partial charge in [-0.1, -0.05) is 17.4 Å². The second-order valence-electron chi connectivity index (χ2n) is 7.33. The van der Waals surface area contributed by atoms with Gasteiger partial charge in [-0.2, -0.15) is 5.10 Å². The molecule has 4 N–H and O–H groups in total. The number of anilines is 3. The van der Waals surface area contributed by atoms with Crippen LogP contribution in [0.25, 0.3) is 10.6 Å². The van der Waals surface area contributed by atoms with Crippen LogP contribution in [0.4, 0.5) is 34.1 Å². The minimum atomic E-state index is -2.63. The van der Waals surface area contributed by atoms with Crippen molar-refractivity contribution in [3.63, 3.8) is 0 Å². The quantitative estimate of drug-likeness (QED) is 0.466. The Bertz CT molecular complexity index is 1120. The molecule has 0 unspecified atom stereocenters. The molecule has 1 saturated heterocycles. The Morgan fingerprint density at radius 1 is 1.24 bits per heavy atom. The molecule has 4 rings (SSSR count). The third-order valence-electron chi connectivity index (χ3n) is 5.06. The summed E-state index contributed by atoms with van der Waals surface area (Å²) in [6.07, 6.45) is -0.567. The molecular formula is C20H21F4N7OS. The van der Waals surface area contributed by atoms with Gasteiger partial charge in [-0.15, -0.1) is 0 Å². The fraction of sp³-hybridized carbons (Fsp3) is 0.350. The molecule has 0 radical (unpaired) electrons. The average Bonchev–Trinajstić information content (AvgIpc) is 3.20. The zero-order chi connectivity index (χ0) is 23.5. The topological polar surface area (TPSA) is 101 Å². The fourth-order valence-corrected chi connectivity index (χ4v) is 4.49. The Hall–Kier alpha value is -3.19. The van der Waals surface area contributed by atoms with Gasteiger partial charge >= 0.3 is 0 Å². The van der Waals surface area contributed by atoms with E-state index in [1.165, 1.54) is 12.3 Å². The van der Waals surface area contributed by atoms with Crippen molar-refractivity contribution >= 4 is 33.8 Å². The maximum absolute atomic E-state index is 14.1. The monoisotopic (exact) mass is 483 g/mol. The summed E-state index contributed by atoms with van der Waals surface area (Å²) < 4.78 is 55.6.